The number of anilines is 1. The lowest BCUT2D eigenvalue weighted by Crippen LogP contribution is -2.16. The van der Waals surface area contributed by atoms with Gasteiger partial charge in [-0.1, -0.05) is 0 Å². The summed E-state index contributed by atoms with van der Waals surface area (Å²) in [6.45, 7) is 1.46. The number of halogens is 1. The Hall–Kier alpha value is -2.02. The van der Waals surface area contributed by atoms with Gasteiger partial charge in [0.1, 0.15) is 5.82 Å². The van der Waals surface area contributed by atoms with Crippen LogP contribution in [-0.2, 0) is 11.3 Å². The fourth-order valence-corrected chi connectivity index (χ4v) is 2.48. The molecule has 7 heteroatoms. The lowest BCUT2D eigenvalue weighted by atomic mass is 10.0. The number of aromatic nitrogens is 4. The van der Waals surface area contributed by atoms with E-state index in [0.717, 1.165) is 32.4 Å². The van der Waals surface area contributed by atoms with E-state index in [0.29, 0.717) is 11.4 Å². The summed E-state index contributed by atoms with van der Waals surface area (Å²) in [5.74, 6) is 0.111. The van der Waals surface area contributed by atoms with E-state index in [2.05, 4.69) is 15.5 Å². The largest absolute Gasteiger partial charge is 0.396 e. The first-order valence-electron chi connectivity index (χ1n) is 6.94. The predicted octanol–water partition coefficient (Wildman–Crippen LogP) is 1.88. The van der Waals surface area contributed by atoms with Gasteiger partial charge in [0.2, 0.25) is 0 Å². The molecule has 0 saturated heterocycles. The van der Waals surface area contributed by atoms with E-state index < -0.39 is 5.82 Å². The molecule has 1 aliphatic carbocycles. The smallest absolute Gasteiger partial charge is 0.182 e. The second kappa shape index (κ2) is 5.40. The molecule has 0 bridgehead atoms. The van der Waals surface area contributed by atoms with Gasteiger partial charge in [0.15, 0.2) is 5.82 Å². The van der Waals surface area contributed by atoms with Crippen LogP contribution in [0.3, 0.4) is 0 Å². The summed E-state index contributed by atoms with van der Waals surface area (Å²) in [7, 11) is 1.70. The number of ether oxygens (including phenoxy) is 1. The number of rotatable bonds is 6. The van der Waals surface area contributed by atoms with Crippen molar-refractivity contribution in [2.45, 2.75) is 25.8 Å². The van der Waals surface area contributed by atoms with Gasteiger partial charge in [0.25, 0.3) is 0 Å². The molecule has 1 heterocycles. The second-order valence-corrected chi connectivity index (χ2v) is 5.64. The summed E-state index contributed by atoms with van der Waals surface area (Å²) in [6, 6.07) is 4.63. The van der Waals surface area contributed by atoms with Crippen LogP contribution in [0.25, 0.3) is 11.4 Å². The molecule has 0 unspecified atom stereocenters. The molecule has 1 saturated carbocycles. The molecule has 0 radical (unpaired) electrons. The number of tetrazole rings is 1. The zero-order valence-electron chi connectivity index (χ0n) is 11.9. The van der Waals surface area contributed by atoms with Crippen LogP contribution in [0, 0.1) is 11.2 Å². The van der Waals surface area contributed by atoms with E-state index in [1.165, 1.54) is 12.1 Å². The van der Waals surface area contributed by atoms with Gasteiger partial charge in [0, 0.05) is 19.3 Å². The first-order valence-corrected chi connectivity index (χ1v) is 6.94. The maximum absolute atomic E-state index is 13.6. The Kier molecular flexibility index (Phi) is 3.59. The van der Waals surface area contributed by atoms with Crippen molar-refractivity contribution in [3.63, 3.8) is 0 Å². The SMILES string of the molecule is COCCC1(Cn2nnnc2-c2ccc(N)c(F)c2)CC1. The monoisotopic (exact) mass is 291 g/mol. The number of benzene rings is 1. The molecule has 2 N–H and O–H groups in total. The Balaban J connectivity index is 1.82. The van der Waals surface area contributed by atoms with E-state index in [4.69, 9.17) is 10.5 Å². The van der Waals surface area contributed by atoms with Crippen molar-refractivity contribution in [3.8, 4) is 11.4 Å². The minimum absolute atomic E-state index is 0.122. The molecule has 6 nitrogen and oxygen atoms in total. The Labute approximate surface area is 122 Å². The van der Waals surface area contributed by atoms with E-state index in [1.807, 2.05) is 0 Å². The van der Waals surface area contributed by atoms with Crippen LogP contribution in [0.5, 0.6) is 0 Å². The Morgan fingerprint density at radius 2 is 2.24 bits per heavy atom. The molecule has 0 atom stereocenters. The summed E-state index contributed by atoms with van der Waals surface area (Å²) in [4.78, 5) is 0. The molecule has 0 amide bonds. The van der Waals surface area contributed by atoms with Crippen molar-refractivity contribution in [3.05, 3.63) is 24.0 Å². The topological polar surface area (TPSA) is 78.8 Å². The lowest BCUT2D eigenvalue weighted by Gasteiger charge is -2.15. The van der Waals surface area contributed by atoms with Gasteiger partial charge in [-0.25, -0.2) is 9.07 Å². The van der Waals surface area contributed by atoms with Gasteiger partial charge >= 0.3 is 0 Å². The Morgan fingerprint density at radius 1 is 1.43 bits per heavy atom. The summed E-state index contributed by atoms with van der Waals surface area (Å²) in [6.07, 6.45) is 3.27. The number of methoxy groups -OCH3 is 1. The average Bonchev–Trinajstić information content (AvgIpc) is 3.08. The summed E-state index contributed by atoms with van der Waals surface area (Å²) in [5, 5.41) is 11.8. The molecule has 2 aromatic rings. The third-order valence-corrected chi connectivity index (χ3v) is 4.07. The molecule has 112 valence electrons. The van der Waals surface area contributed by atoms with E-state index in [-0.39, 0.29) is 11.1 Å². The highest BCUT2D eigenvalue weighted by molar-refractivity contribution is 5.59. The summed E-state index contributed by atoms with van der Waals surface area (Å²) < 4.78 is 20.5. The molecule has 21 heavy (non-hydrogen) atoms. The van der Waals surface area contributed by atoms with E-state index >= 15 is 0 Å². The van der Waals surface area contributed by atoms with Gasteiger partial charge in [0.05, 0.1) is 12.2 Å². The molecule has 0 spiro atoms. The van der Waals surface area contributed by atoms with Gasteiger partial charge in [-0.2, -0.15) is 0 Å². The van der Waals surface area contributed by atoms with Gasteiger partial charge < -0.3 is 10.5 Å². The van der Waals surface area contributed by atoms with Crippen molar-refractivity contribution >= 4 is 5.69 Å². The van der Waals surface area contributed by atoms with Crippen LogP contribution in [0.15, 0.2) is 18.2 Å². The first kappa shape index (κ1) is 13.9. The molecular weight excluding hydrogens is 273 g/mol. The highest BCUT2D eigenvalue weighted by Crippen LogP contribution is 2.50. The number of hydrogen-bond donors (Lipinski definition) is 1. The van der Waals surface area contributed by atoms with Crippen molar-refractivity contribution in [2.24, 2.45) is 5.41 Å². The number of hydrogen-bond acceptors (Lipinski definition) is 5. The molecular formula is C14H18FN5O. The highest BCUT2D eigenvalue weighted by Gasteiger charge is 2.43. The van der Waals surface area contributed by atoms with Crippen molar-refractivity contribution in [1.82, 2.24) is 20.2 Å². The summed E-state index contributed by atoms with van der Waals surface area (Å²) in [5.41, 5.74) is 6.47. The zero-order chi connectivity index (χ0) is 14.9. The van der Waals surface area contributed by atoms with Crippen molar-refractivity contribution in [1.29, 1.82) is 0 Å². The lowest BCUT2D eigenvalue weighted by molar-refractivity contribution is 0.165. The minimum Gasteiger partial charge on any atom is -0.396 e. The summed E-state index contributed by atoms with van der Waals surface area (Å²) >= 11 is 0. The maximum Gasteiger partial charge on any atom is 0.182 e. The van der Waals surface area contributed by atoms with Gasteiger partial charge in [-0.05, 0) is 53.3 Å². The maximum atomic E-state index is 13.6. The second-order valence-electron chi connectivity index (χ2n) is 5.64. The molecule has 1 aliphatic rings. The predicted molar refractivity (Wildman–Crippen MR) is 75.8 cm³/mol. The molecule has 1 aromatic heterocycles. The third-order valence-electron chi connectivity index (χ3n) is 4.07. The number of nitrogen functional groups attached to an aromatic ring is 1. The minimum atomic E-state index is -0.456. The fourth-order valence-electron chi connectivity index (χ4n) is 2.48. The van der Waals surface area contributed by atoms with E-state index in [9.17, 15) is 4.39 Å². The van der Waals surface area contributed by atoms with Crippen LogP contribution in [-0.4, -0.2) is 33.9 Å². The molecule has 1 fully saturated rings. The highest BCUT2D eigenvalue weighted by atomic mass is 19.1. The fraction of sp³-hybridized carbons (Fsp3) is 0.500. The standard InChI is InChI=1S/C14H18FN5O/c1-21-7-6-14(4-5-14)9-20-13(17-18-19-20)10-2-3-12(16)11(15)8-10/h2-3,8H,4-7,9,16H2,1H3. The van der Waals surface area contributed by atoms with Gasteiger partial charge in [-0.15, -0.1) is 5.10 Å². The van der Waals surface area contributed by atoms with Crippen LogP contribution < -0.4 is 5.73 Å². The Morgan fingerprint density at radius 3 is 2.90 bits per heavy atom. The molecule has 1 aromatic carbocycles. The third kappa shape index (κ3) is 2.87. The normalized spacial score (nSPS) is 16.1. The number of nitrogens with zero attached hydrogens (tertiary/aromatic N) is 4. The van der Waals surface area contributed by atoms with Gasteiger partial charge in [-0.3, -0.25) is 0 Å². The van der Waals surface area contributed by atoms with Crippen LogP contribution in [0.4, 0.5) is 10.1 Å². The van der Waals surface area contributed by atoms with Crippen LogP contribution in [0.2, 0.25) is 0 Å². The van der Waals surface area contributed by atoms with Crippen molar-refractivity contribution < 1.29 is 9.13 Å². The molecule has 0 aliphatic heterocycles. The van der Waals surface area contributed by atoms with Crippen molar-refractivity contribution in [2.75, 3.05) is 19.5 Å². The molecule has 3 rings (SSSR count). The first-order chi connectivity index (χ1) is 10.1. The zero-order valence-corrected chi connectivity index (χ0v) is 11.9. The van der Waals surface area contributed by atoms with E-state index in [1.54, 1.807) is 17.9 Å². The van der Waals surface area contributed by atoms with Crippen LogP contribution >= 0.6 is 0 Å². The van der Waals surface area contributed by atoms with Crippen LogP contribution in [0.1, 0.15) is 19.3 Å². The number of nitrogens with two attached hydrogens (primary N) is 1. The average molecular weight is 291 g/mol. The Bertz CT molecular complexity index is 638. The quantitative estimate of drug-likeness (QED) is 0.822.